The van der Waals surface area contributed by atoms with E-state index >= 15 is 0 Å². The van der Waals surface area contributed by atoms with Crippen molar-refractivity contribution in [3.05, 3.63) is 12.3 Å². The van der Waals surface area contributed by atoms with Crippen molar-refractivity contribution in [1.82, 2.24) is 0 Å². The molecular formula is C12H24O3. The van der Waals surface area contributed by atoms with Crippen LogP contribution in [0.4, 0.5) is 0 Å². The predicted octanol–water partition coefficient (Wildman–Crippen LogP) is 2.53. The van der Waals surface area contributed by atoms with Gasteiger partial charge in [-0.3, -0.25) is 0 Å². The first-order valence-corrected chi connectivity index (χ1v) is 5.87. The monoisotopic (exact) mass is 216 g/mol. The molecule has 90 valence electrons. The van der Waals surface area contributed by atoms with Crippen LogP contribution < -0.4 is 0 Å². The van der Waals surface area contributed by atoms with Crippen molar-refractivity contribution >= 4 is 0 Å². The molecule has 0 fully saturated rings. The highest BCUT2D eigenvalue weighted by molar-refractivity contribution is 4.81. The first-order chi connectivity index (χ1) is 7.20. The first kappa shape index (κ1) is 14.5. The number of hydrogen-bond acceptors (Lipinski definition) is 3. The molecule has 0 aliphatic heterocycles. The van der Waals surface area contributed by atoms with Gasteiger partial charge in [0.05, 0.1) is 18.5 Å². The minimum atomic E-state index is -0.517. The molecule has 0 aromatic heterocycles. The van der Waals surface area contributed by atoms with Gasteiger partial charge >= 0.3 is 0 Å². The number of aliphatic hydroxyl groups is 3. The van der Waals surface area contributed by atoms with Crippen molar-refractivity contribution in [1.29, 1.82) is 0 Å². The average Bonchev–Trinajstić information content (AvgIpc) is 2.23. The van der Waals surface area contributed by atoms with Crippen molar-refractivity contribution in [2.45, 2.75) is 64.1 Å². The van der Waals surface area contributed by atoms with Gasteiger partial charge in [-0.25, -0.2) is 0 Å². The van der Waals surface area contributed by atoms with E-state index in [0.29, 0.717) is 6.42 Å². The van der Waals surface area contributed by atoms with Crippen LogP contribution in [-0.2, 0) is 0 Å². The maximum atomic E-state index is 9.30. The Labute approximate surface area is 92.4 Å². The second-order valence-corrected chi connectivity index (χ2v) is 3.96. The minimum Gasteiger partial charge on any atom is -0.516 e. The topological polar surface area (TPSA) is 60.7 Å². The number of unbranched alkanes of at least 4 members (excludes halogenated alkanes) is 3. The van der Waals surface area contributed by atoms with Crippen LogP contribution in [0.15, 0.2) is 12.3 Å². The highest BCUT2D eigenvalue weighted by Crippen LogP contribution is 2.10. The minimum absolute atomic E-state index is 0.145. The quantitative estimate of drug-likeness (QED) is 0.410. The van der Waals surface area contributed by atoms with E-state index in [1.165, 1.54) is 6.08 Å². The molecule has 3 heteroatoms. The van der Waals surface area contributed by atoms with Crippen molar-refractivity contribution in [2.24, 2.45) is 0 Å². The Hall–Kier alpha value is -0.540. The third-order valence-corrected chi connectivity index (χ3v) is 2.57. The predicted molar refractivity (Wildman–Crippen MR) is 61.8 cm³/mol. The molecular weight excluding hydrogens is 192 g/mol. The summed E-state index contributed by atoms with van der Waals surface area (Å²) in [5, 5.41) is 26.9. The van der Waals surface area contributed by atoms with Gasteiger partial charge in [-0.05, 0) is 25.3 Å². The lowest BCUT2D eigenvalue weighted by molar-refractivity contribution is 0.156. The Kier molecular flexibility index (Phi) is 9.63. The van der Waals surface area contributed by atoms with Crippen LogP contribution in [0.3, 0.4) is 0 Å². The molecule has 0 amide bonds. The van der Waals surface area contributed by atoms with Crippen LogP contribution >= 0.6 is 0 Å². The molecule has 0 aliphatic carbocycles. The Balaban J connectivity index is 3.18. The third kappa shape index (κ3) is 9.76. The summed E-state index contributed by atoms with van der Waals surface area (Å²) in [6.07, 6.45) is 8.24. The Morgan fingerprint density at radius 2 is 1.60 bits per heavy atom. The highest BCUT2D eigenvalue weighted by atomic mass is 16.3. The van der Waals surface area contributed by atoms with Gasteiger partial charge in [0, 0.05) is 0 Å². The van der Waals surface area contributed by atoms with Crippen LogP contribution in [0.2, 0.25) is 0 Å². The van der Waals surface area contributed by atoms with Gasteiger partial charge in [0.1, 0.15) is 0 Å². The second kappa shape index (κ2) is 9.99. The van der Waals surface area contributed by atoms with Gasteiger partial charge in [-0.15, -0.1) is 0 Å². The largest absolute Gasteiger partial charge is 0.516 e. The molecule has 0 aromatic rings. The van der Waals surface area contributed by atoms with Crippen molar-refractivity contribution in [3.63, 3.8) is 0 Å². The number of rotatable bonds is 9. The maximum absolute atomic E-state index is 9.30. The van der Waals surface area contributed by atoms with Crippen molar-refractivity contribution in [3.8, 4) is 0 Å². The van der Waals surface area contributed by atoms with E-state index in [-0.39, 0.29) is 6.10 Å². The molecule has 2 atom stereocenters. The number of hydrogen-bond donors (Lipinski definition) is 3. The molecule has 2 unspecified atom stereocenters. The van der Waals surface area contributed by atoms with Gasteiger partial charge in [-0.1, -0.05) is 32.6 Å². The van der Waals surface area contributed by atoms with Gasteiger partial charge in [0.2, 0.25) is 0 Å². The van der Waals surface area contributed by atoms with Crippen LogP contribution in [-0.4, -0.2) is 27.5 Å². The Bertz CT molecular complexity index is 157. The lowest BCUT2D eigenvalue weighted by Gasteiger charge is -2.07. The first-order valence-electron chi connectivity index (χ1n) is 5.87. The van der Waals surface area contributed by atoms with Gasteiger partial charge in [0.25, 0.3) is 0 Å². The molecule has 0 rings (SSSR count). The van der Waals surface area contributed by atoms with Crippen molar-refractivity contribution in [2.75, 3.05) is 0 Å². The van der Waals surface area contributed by atoms with E-state index in [1.807, 2.05) is 6.92 Å². The zero-order valence-electron chi connectivity index (χ0n) is 9.60. The van der Waals surface area contributed by atoms with Crippen LogP contribution in [0.25, 0.3) is 0 Å². The lowest BCUT2D eigenvalue weighted by Crippen LogP contribution is -2.04. The molecule has 0 bridgehead atoms. The van der Waals surface area contributed by atoms with E-state index in [0.717, 1.165) is 44.8 Å². The van der Waals surface area contributed by atoms with E-state index in [4.69, 9.17) is 5.11 Å². The summed E-state index contributed by atoms with van der Waals surface area (Å²) >= 11 is 0. The molecule has 0 saturated carbocycles. The Morgan fingerprint density at radius 3 is 2.13 bits per heavy atom. The maximum Gasteiger partial charge on any atom is 0.0777 e. The summed E-state index contributed by atoms with van der Waals surface area (Å²) in [4.78, 5) is 0. The van der Waals surface area contributed by atoms with Crippen LogP contribution in [0.1, 0.15) is 51.9 Å². The molecule has 0 spiro atoms. The second-order valence-electron chi connectivity index (χ2n) is 3.96. The smallest absolute Gasteiger partial charge is 0.0777 e. The third-order valence-electron chi connectivity index (χ3n) is 2.57. The molecule has 0 aromatic carbocycles. The highest BCUT2D eigenvalue weighted by Gasteiger charge is 2.01. The van der Waals surface area contributed by atoms with Crippen LogP contribution in [0, 0.1) is 0 Å². The van der Waals surface area contributed by atoms with Gasteiger partial charge < -0.3 is 15.3 Å². The van der Waals surface area contributed by atoms with Crippen molar-refractivity contribution < 1.29 is 15.3 Å². The van der Waals surface area contributed by atoms with Crippen LogP contribution in [0.5, 0.6) is 0 Å². The zero-order chi connectivity index (χ0) is 11.5. The summed E-state index contributed by atoms with van der Waals surface area (Å²) in [7, 11) is 0. The molecule has 3 nitrogen and oxygen atoms in total. The number of aliphatic hydroxyl groups excluding tert-OH is 3. The molecule has 0 saturated heterocycles. The molecule has 15 heavy (non-hydrogen) atoms. The fraction of sp³-hybridized carbons (Fsp3) is 0.833. The summed E-state index contributed by atoms with van der Waals surface area (Å²) in [5.74, 6) is 0. The zero-order valence-corrected chi connectivity index (χ0v) is 9.60. The fourth-order valence-corrected chi connectivity index (χ4v) is 1.49. The van der Waals surface area contributed by atoms with E-state index in [1.54, 1.807) is 0 Å². The standard InChI is InChI=1S/C12H24O3/c1-2-11(14)7-5-3-4-6-8-12(15)9-10-13/h9-15H,2-8H2,1H3. The van der Waals surface area contributed by atoms with E-state index in [9.17, 15) is 10.2 Å². The van der Waals surface area contributed by atoms with E-state index in [2.05, 4.69) is 0 Å². The van der Waals surface area contributed by atoms with Gasteiger partial charge in [0.15, 0.2) is 0 Å². The summed E-state index contributed by atoms with van der Waals surface area (Å²) in [6, 6.07) is 0. The summed E-state index contributed by atoms with van der Waals surface area (Å²) < 4.78 is 0. The van der Waals surface area contributed by atoms with E-state index < -0.39 is 6.10 Å². The molecule has 0 aliphatic rings. The normalized spacial score (nSPS) is 15.7. The summed E-state index contributed by atoms with van der Waals surface area (Å²) in [5.41, 5.74) is 0. The molecule has 3 N–H and O–H groups in total. The lowest BCUT2D eigenvalue weighted by atomic mass is 10.1. The fourth-order valence-electron chi connectivity index (χ4n) is 1.49. The molecule has 0 radical (unpaired) electrons. The molecule has 0 heterocycles. The average molecular weight is 216 g/mol. The summed E-state index contributed by atoms with van der Waals surface area (Å²) in [6.45, 7) is 1.99. The Morgan fingerprint density at radius 1 is 1.00 bits per heavy atom. The van der Waals surface area contributed by atoms with Gasteiger partial charge in [-0.2, -0.15) is 0 Å². The SMILES string of the molecule is CCC(O)CCCCCCC(O)C=CO.